The van der Waals surface area contributed by atoms with Gasteiger partial charge in [-0.05, 0) is 12.1 Å². The molecule has 6 nitrogen and oxygen atoms in total. The van der Waals surface area contributed by atoms with Crippen molar-refractivity contribution in [2.45, 2.75) is 18.6 Å². The Kier molecular flexibility index (Phi) is 4.48. The SMILES string of the molecule is COC(=O)[C@@H]1C[C@@H](Oc2ccccc2F)CN1S(C)(=O)=O. The number of carbonyl (C=O) groups excluding carboxylic acids is 1. The van der Waals surface area contributed by atoms with Gasteiger partial charge in [0.25, 0.3) is 0 Å². The normalized spacial score (nSPS) is 23.0. The highest BCUT2D eigenvalue weighted by atomic mass is 32.2. The van der Waals surface area contributed by atoms with Crippen LogP contribution in [0.2, 0.25) is 0 Å². The predicted octanol–water partition coefficient (Wildman–Crippen LogP) is 0.780. The zero-order chi connectivity index (χ0) is 15.6. The van der Waals surface area contributed by atoms with E-state index >= 15 is 0 Å². The van der Waals surface area contributed by atoms with Crippen LogP contribution in [0.3, 0.4) is 0 Å². The molecule has 1 aromatic carbocycles. The van der Waals surface area contributed by atoms with Gasteiger partial charge in [-0.1, -0.05) is 12.1 Å². The van der Waals surface area contributed by atoms with Gasteiger partial charge in [-0.2, -0.15) is 4.31 Å². The number of hydrogen-bond donors (Lipinski definition) is 0. The number of carbonyl (C=O) groups is 1. The summed E-state index contributed by atoms with van der Waals surface area (Å²) < 4.78 is 48.1. The molecule has 0 unspecified atom stereocenters. The molecule has 1 heterocycles. The number of rotatable bonds is 4. The van der Waals surface area contributed by atoms with Crippen molar-refractivity contribution in [1.29, 1.82) is 0 Å². The van der Waals surface area contributed by atoms with E-state index < -0.39 is 34.0 Å². The largest absolute Gasteiger partial charge is 0.486 e. The fourth-order valence-electron chi connectivity index (χ4n) is 2.29. The van der Waals surface area contributed by atoms with Crippen LogP contribution in [0.1, 0.15) is 6.42 Å². The lowest BCUT2D eigenvalue weighted by atomic mass is 10.2. The Morgan fingerprint density at radius 3 is 2.62 bits per heavy atom. The summed E-state index contributed by atoms with van der Waals surface area (Å²) in [6.07, 6.45) is 0.517. The Labute approximate surface area is 122 Å². The van der Waals surface area contributed by atoms with Crippen molar-refractivity contribution < 1.29 is 27.1 Å². The van der Waals surface area contributed by atoms with E-state index in [1.54, 1.807) is 6.07 Å². The third-order valence-electron chi connectivity index (χ3n) is 3.25. The number of ether oxygens (including phenoxy) is 2. The van der Waals surface area contributed by atoms with Gasteiger partial charge in [-0.3, -0.25) is 4.79 Å². The summed E-state index contributed by atoms with van der Waals surface area (Å²) in [7, 11) is -2.40. The molecule has 2 rings (SSSR count). The molecule has 1 fully saturated rings. The van der Waals surface area contributed by atoms with E-state index in [1.165, 1.54) is 25.3 Å². The lowest BCUT2D eigenvalue weighted by Gasteiger charge is -2.19. The molecule has 8 heteroatoms. The standard InChI is InChI=1S/C13H16FNO5S/c1-19-13(16)11-7-9(8-15(11)21(2,17)18)20-12-6-4-3-5-10(12)14/h3-6,9,11H,7-8H2,1-2H3/t9-,11+/m1/s1. The summed E-state index contributed by atoms with van der Waals surface area (Å²) >= 11 is 0. The van der Waals surface area contributed by atoms with Crippen LogP contribution in [0.15, 0.2) is 24.3 Å². The second-order valence-corrected chi connectivity index (χ2v) is 6.71. The van der Waals surface area contributed by atoms with Crippen LogP contribution in [-0.4, -0.2) is 50.7 Å². The van der Waals surface area contributed by atoms with Gasteiger partial charge in [0.2, 0.25) is 10.0 Å². The van der Waals surface area contributed by atoms with Gasteiger partial charge in [0, 0.05) is 6.42 Å². The van der Waals surface area contributed by atoms with E-state index in [0.717, 1.165) is 10.6 Å². The molecular formula is C13H16FNO5S. The molecule has 0 saturated carbocycles. The van der Waals surface area contributed by atoms with Gasteiger partial charge in [-0.25, -0.2) is 12.8 Å². The third-order valence-corrected chi connectivity index (χ3v) is 4.50. The van der Waals surface area contributed by atoms with Crippen LogP contribution in [-0.2, 0) is 19.6 Å². The molecule has 21 heavy (non-hydrogen) atoms. The van der Waals surface area contributed by atoms with E-state index in [9.17, 15) is 17.6 Å². The summed E-state index contributed by atoms with van der Waals surface area (Å²) in [5.41, 5.74) is 0. The van der Waals surface area contributed by atoms with Crippen molar-refractivity contribution >= 4 is 16.0 Å². The predicted molar refractivity (Wildman–Crippen MR) is 72.8 cm³/mol. The van der Waals surface area contributed by atoms with Crippen LogP contribution in [0.4, 0.5) is 4.39 Å². The second kappa shape index (κ2) is 5.98. The first kappa shape index (κ1) is 15.7. The average molecular weight is 317 g/mol. The number of nitrogens with zero attached hydrogens (tertiary/aromatic N) is 1. The third kappa shape index (κ3) is 3.51. The van der Waals surface area contributed by atoms with Crippen molar-refractivity contribution in [2.24, 2.45) is 0 Å². The fourth-order valence-corrected chi connectivity index (χ4v) is 3.36. The Hall–Kier alpha value is -1.67. The molecular weight excluding hydrogens is 301 g/mol. The molecule has 1 aliphatic rings. The second-order valence-electron chi connectivity index (χ2n) is 4.78. The van der Waals surface area contributed by atoms with Crippen LogP contribution >= 0.6 is 0 Å². The number of halogens is 1. The topological polar surface area (TPSA) is 72.9 Å². The van der Waals surface area contributed by atoms with E-state index in [-0.39, 0.29) is 18.7 Å². The maximum atomic E-state index is 13.5. The molecule has 0 aromatic heterocycles. The number of hydrogen-bond acceptors (Lipinski definition) is 5. The van der Waals surface area contributed by atoms with Crippen molar-refractivity contribution in [3.05, 3.63) is 30.1 Å². The number of methoxy groups -OCH3 is 1. The Balaban J connectivity index is 2.18. The molecule has 1 aliphatic heterocycles. The van der Waals surface area contributed by atoms with E-state index in [4.69, 9.17) is 4.74 Å². The average Bonchev–Trinajstić information content (AvgIpc) is 2.84. The first-order chi connectivity index (χ1) is 9.82. The molecule has 116 valence electrons. The highest BCUT2D eigenvalue weighted by molar-refractivity contribution is 7.88. The van der Waals surface area contributed by atoms with Crippen molar-refractivity contribution in [2.75, 3.05) is 19.9 Å². The van der Waals surface area contributed by atoms with Crippen molar-refractivity contribution in [1.82, 2.24) is 4.31 Å². The molecule has 0 aliphatic carbocycles. The molecule has 0 N–H and O–H groups in total. The van der Waals surface area contributed by atoms with Gasteiger partial charge in [0.1, 0.15) is 12.1 Å². The zero-order valence-corrected chi connectivity index (χ0v) is 12.5. The summed E-state index contributed by atoms with van der Waals surface area (Å²) in [5.74, 6) is -1.16. The molecule has 0 bridgehead atoms. The Bertz CT molecular complexity index is 633. The van der Waals surface area contributed by atoms with Crippen LogP contribution in [0, 0.1) is 5.82 Å². The van der Waals surface area contributed by atoms with Gasteiger partial charge in [-0.15, -0.1) is 0 Å². The van der Waals surface area contributed by atoms with Crippen LogP contribution < -0.4 is 4.74 Å². The number of para-hydroxylation sites is 1. The van der Waals surface area contributed by atoms with E-state index in [2.05, 4.69) is 4.74 Å². The monoisotopic (exact) mass is 317 g/mol. The van der Waals surface area contributed by atoms with Gasteiger partial charge in [0.05, 0.1) is 19.9 Å². The van der Waals surface area contributed by atoms with Gasteiger partial charge >= 0.3 is 5.97 Å². The summed E-state index contributed by atoms with van der Waals surface area (Å²) in [4.78, 5) is 11.7. The first-order valence-corrected chi connectivity index (χ1v) is 8.13. The summed E-state index contributed by atoms with van der Waals surface area (Å²) in [5, 5.41) is 0. The maximum Gasteiger partial charge on any atom is 0.324 e. The fraction of sp³-hybridized carbons (Fsp3) is 0.462. The highest BCUT2D eigenvalue weighted by Crippen LogP contribution is 2.27. The maximum absolute atomic E-state index is 13.5. The Morgan fingerprint density at radius 2 is 2.05 bits per heavy atom. The Morgan fingerprint density at radius 1 is 1.38 bits per heavy atom. The number of esters is 1. The van der Waals surface area contributed by atoms with Gasteiger partial charge in [0.15, 0.2) is 11.6 Å². The minimum Gasteiger partial charge on any atom is -0.486 e. The molecule has 0 radical (unpaired) electrons. The number of sulfonamides is 1. The smallest absolute Gasteiger partial charge is 0.324 e. The lowest BCUT2D eigenvalue weighted by Crippen LogP contribution is -2.40. The van der Waals surface area contributed by atoms with Crippen LogP contribution in [0.25, 0.3) is 0 Å². The van der Waals surface area contributed by atoms with Gasteiger partial charge < -0.3 is 9.47 Å². The molecule has 1 aromatic rings. The quantitative estimate of drug-likeness (QED) is 0.767. The summed E-state index contributed by atoms with van der Waals surface area (Å²) in [6.45, 7) is -0.0209. The highest BCUT2D eigenvalue weighted by Gasteiger charge is 2.43. The zero-order valence-electron chi connectivity index (χ0n) is 11.7. The van der Waals surface area contributed by atoms with Crippen molar-refractivity contribution in [3.63, 3.8) is 0 Å². The number of benzene rings is 1. The van der Waals surface area contributed by atoms with Crippen molar-refractivity contribution in [3.8, 4) is 5.75 Å². The first-order valence-electron chi connectivity index (χ1n) is 6.28. The van der Waals surface area contributed by atoms with E-state index in [0.29, 0.717) is 0 Å². The molecule has 0 amide bonds. The molecule has 1 saturated heterocycles. The molecule has 0 spiro atoms. The summed E-state index contributed by atoms with van der Waals surface area (Å²) in [6, 6.07) is 4.89. The minimum atomic E-state index is -3.58. The van der Waals surface area contributed by atoms with Crippen LogP contribution in [0.5, 0.6) is 5.75 Å². The lowest BCUT2D eigenvalue weighted by molar-refractivity contribution is -0.144. The van der Waals surface area contributed by atoms with E-state index in [1.807, 2.05) is 0 Å². The molecule has 2 atom stereocenters. The minimum absolute atomic E-state index is 0.0209.